The van der Waals surface area contributed by atoms with E-state index in [1.807, 2.05) is 66.7 Å². The van der Waals surface area contributed by atoms with E-state index >= 15 is 0 Å². The van der Waals surface area contributed by atoms with Gasteiger partial charge in [-0.2, -0.15) is 0 Å². The Hall–Kier alpha value is -7.57. The maximum absolute atomic E-state index is 7.15. The standard InChI is InChI=1S/C49H32N6/c50-39-30-34(49-52-47(32-15-3-1-4-16-32)51-48(53-49)33-17-5-2-6-18-33)26-28-43(39)55-41-23-11-9-21-36(41)37-27-29-44-45(46(37)55)38-22-10-12-24-42(38)54(44)40-25-13-19-31-14-7-8-20-35(31)40/h1-30H,50H2. The van der Waals surface area contributed by atoms with Crippen LogP contribution in [0, 0.1) is 0 Å². The van der Waals surface area contributed by atoms with Crippen molar-refractivity contribution in [2.24, 2.45) is 0 Å². The molecule has 3 heterocycles. The molecular formula is C49H32N6. The molecule has 0 fully saturated rings. The molecule has 258 valence electrons. The summed E-state index contributed by atoms with van der Waals surface area (Å²) in [4.78, 5) is 14.8. The highest BCUT2D eigenvalue weighted by molar-refractivity contribution is 6.26. The smallest absolute Gasteiger partial charge is 0.164 e. The van der Waals surface area contributed by atoms with E-state index < -0.39 is 0 Å². The second-order valence-electron chi connectivity index (χ2n) is 13.9. The van der Waals surface area contributed by atoms with Crippen molar-refractivity contribution in [2.75, 3.05) is 5.73 Å². The van der Waals surface area contributed by atoms with Crippen LogP contribution in [0.15, 0.2) is 182 Å². The Morgan fingerprint density at radius 3 is 1.62 bits per heavy atom. The summed E-state index contributed by atoms with van der Waals surface area (Å²) in [7, 11) is 0. The second kappa shape index (κ2) is 12.3. The zero-order valence-corrected chi connectivity index (χ0v) is 29.6. The molecule has 0 aliphatic carbocycles. The van der Waals surface area contributed by atoms with Crippen LogP contribution in [0.25, 0.3) is 99.9 Å². The van der Waals surface area contributed by atoms with E-state index in [0.717, 1.165) is 50.1 Å². The molecule has 0 saturated heterocycles. The molecule has 0 aliphatic heterocycles. The highest BCUT2D eigenvalue weighted by Crippen LogP contribution is 2.43. The summed E-state index contributed by atoms with van der Waals surface area (Å²) in [6.07, 6.45) is 0. The molecule has 0 amide bonds. The first-order chi connectivity index (χ1) is 27.2. The van der Waals surface area contributed by atoms with Gasteiger partial charge in [0, 0.05) is 43.6 Å². The molecule has 8 aromatic carbocycles. The van der Waals surface area contributed by atoms with Crippen molar-refractivity contribution >= 4 is 60.1 Å². The average molecular weight is 705 g/mol. The average Bonchev–Trinajstić information content (AvgIpc) is 3.77. The van der Waals surface area contributed by atoms with Crippen LogP contribution in [0.2, 0.25) is 0 Å². The third-order valence-corrected chi connectivity index (χ3v) is 10.7. The van der Waals surface area contributed by atoms with E-state index in [1.165, 1.54) is 32.3 Å². The Morgan fingerprint density at radius 1 is 0.364 bits per heavy atom. The lowest BCUT2D eigenvalue weighted by Crippen LogP contribution is -2.03. The monoisotopic (exact) mass is 704 g/mol. The number of para-hydroxylation sites is 2. The first-order valence-electron chi connectivity index (χ1n) is 18.4. The molecule has 0 atom stereocenters. The summed E-state index contributed by atoms with van der Waals surface area (Å²) in [6, 6.07) is 63.2. The lowest BCUT2D eigenvalue weighted by atomic mass is 10.1. The number of fused-ring (bicyclic) bond motifs is 8. The van der Waals surface area contributed by atoms with Crippen LogP contribution in [0.5, 0.6) is 0 Å². The van der Waals surface area contributed by atoms with Crippen LogP contribution in [-0.4, -0.2) is 24.1 Å². The molecule has 0 aliphatic rings. The molecule has 6 nitrogen and oxygen atoms in total. The quantitative estimate of drug-likeness (QED) is 0.181. The zero-order valence-electron chi connectivity index (χ0n) is 29.6. The molecule has 11 rings (SSSR count). The van der Waals surface area contributed by atoms with Crippen molar-refractivity contribution in [3.05, 3.63) is 182 Å². The number of hydrogen-bond donors (Lipinski definition) is 1. The SMILES string of the molecule is Nc1cc(-c2nc(-c3ccccc3)nc(-c3ccccc3)n2)ccc1-n1c2ccccc2c2ccc3c(c4ccccc4n3-c3cccc4ccccc34)c21. The number of nitrogen functional groups attached to an aromatic ring is 1. The first kappa shape index (κ1) is 31.0. The van der Waals surface area contributed by atoms with Gasteiger partial charge in [0.2, 0.25) is 0 Å². The number of anilines is 1. The van der Waals surface area contributed by atoms with Crippen molar-refractivity contribution in [3.63, 3.8) is 0 Å². The summed E-state index contributed by atoms with van der Waals surface area (Å²) in [5.41, 5.74) is 17.0. The van der Waals surface area contributed by atoms with Gasteiger partial charge in [0.15, 0.2) is 17.5 Å². The highest BCUT2D eigenvalue weighted by Gasteiger charge is 2.22. The molecular weight excluding hydrogens is 673 g/mol. The summed E-state index contributed by atoms with van der Waals surface area (Å²) >= 11 is 0. The van der Waals surface area contributed by atoms with Crippen LogP contribution >= 0.6 is 0 Å². The summed E-state index contributed by atoms with van der Waals surface area (Å²) in [5, 5.41) is 7.11. The van der Waals surface area contributed by atoms with Gasteiger partial charge in [-0.1, -0.05) is 140 Å². The van der Waals surface area contributed by atoms with E-state index in [1.54, 1.807) is 0 Å². The Kier molecular flexibility index (Phi) is 6.91. The van der Waals surface area contributed by atoms with E-state index in [2.05, 4.69) is 124 Å². The van der Waals surface area contributed by atoms with Gasteiger partial charge < -0.3 is 14.9 Å². The number of nitrogens with zero attached hydrogens (tertiary/aromatic N) is 5. The maximum atomic E-state index is 7.15. The van der Waals surface area contributed by atoms with Crippen molar-refractivity contribution in [1.82, 2.24) is 24.1 Å². The Morgan fingerprint density at radius 2 is 0.927 bits per heavy atom. The van der Waals surface area contributed by atoms with Gasteiger partial charge in [-0.05, 0) is 47.9 Å². The number of nitrogens with two attached hydrogens (primary N) is 1. The number of benzene rings is 8. The van der Waals surface area contributed by atoms with Gasteiger partial charge in [0.05, 0.1) is 39.1 Å². The molecule has 0 bridgehead atoms. The predicted molar refractivity (Wildman–Crippen MR) is 227 cm³/mol. The fourth-order valence-corrected chi connectivity index (χ4v) is 8.26. The summed E-state index contributed by atoms with van der Waals surface area (Å²) < 4.78 is 4.75. The summed E-state index contributed by atoms with van der Waals surface area (Å²) in [5.74, 6) is 1.78. The van der Waals surface area contributed by atoms with Crippen molar-refractivity contribution in [1.29, 1.82) is 0 Å². The number of aromatic nitrogens is 5. The van der Waals surface area contributed by atoms with Gasteiger partial charge in [-0.25, -0.2) is 15.0 Å². The van der Waals surface area contributed by atoms with Crippen molar-refractivity contribution in [2.45, 2.75) is 0 Å². The van der Waals surface area contributed by atoms with E-state index in [9.17, 15) is 0 Å². The minimum Gasteiger partial charge on any atom is -0.397 e. The molecule has 0 spiro atoms. The van der Waals surface area contributed by atoms with Gasteiger partial charge >= 0.3 is 0 Å². The number of rotatable bonds is 5. The Balaban J connectivity index is 1.16. The van der Waals surface area contributed by atoms with E-state index in [-0.39, 0.29) is 0 Å². The minimum absolute atomic E-state index is 0.564. The molecule has 6 heteroatoms. The Labute approximate surface area is 316 Å². The van der Waals surface area contributed by atoms with Gasteiger partial charge in [0.25, 0.3) is 0 Å². The highest BCUT2D eigenvalue weighted by atomic mass is 15.0. The van der Waals surface area contributed by atoms with Crippen LogP contribution < -0.4 is 5.73 Å². The lowest BCUT2D eigenvalue weighted by Gasteiger charge is -2.14. The number of hydrogen-bond acceptors (Lipinski definition) is 4. The Bertz CT molecular complexity index is 3210. The topological polar surface area (TPSA) is 74.6 Å². The predicted octanol–water partition coefficient (Wildman–Crippen LogP) is 11.8. The third kappa shape index (κ3) is 4.85. The molecule has 2 N–H and O–H groups in total. The second-order valence-corrected chi connectivity index (χ2v) is 13.9. The van der Waals surface area contributed by atoms with Crippen LogP contribution in [0.4, 0.5) is 5.69 Å². The zero-order chi connectivity index (χ0) is 36.5. The molecule has 55 heavy (non-hydrogen) atoms. The van der Waals surface area contributed by atoms with Gasteiger partial charge in [-0.3, -0.25) is 0 Å². The maximum Gasteiger partial charge on any atom is 0.164 e. The van der Waals surface area contributed by atoms with Gasteiger partial charge in [-0.15, -0.1) is 0 Å². The molecule has 0 unspecified atom stereocenters. The molecule has 3 aromatic heterocycles. The molecule has 11 aromatic rings. The van der Waals surface area contributed by atoms with E-state index in [4.69, 9.17) is 20.7 Å². The van der Waals surface area contributed by atoms with Crippen LogP contribution in [-0.2, 0) is 0 Å². The lowest BCUT2D eigenvalue weighted by molar-refractivity contribution is 1.07. The largest absolute Gasteiger partial charge is 0.397 e. The van der Waals surface area contributed by atoms with Crippen LogP contribution in [0.1, 0.15) is 0 Å². The normalized spacial score (nSPS) is 11.7. The van der Waals surface area contributed by atoms with E-state index in [0.29, 0.717) is 23.2 Å². The molecule has 0 saturated carbocycles. The van der Waals surface area contributed by atoms with Crippen molar-refractivity contribution in [3.8, 4) is 45.5 Å². The fraction of sp³-hybridized carbons (Fsp3) is 0. The van der Waals surface area contributed by atoms with Crippen LogP contribution in [0.3, 0.4) is 0 Å². The fourth-order valence-electron chi connectivity index (χ4n) is 8.26. The van der Waals surface area contributed by atoms with Gasteiger partial charge in [0.1, 0.15) is 0 Å². The third-order valence-electron chi connectivity index (χ3n) is 10.7. The summed E-state index contributed by atoms with van der Waals surface area (Å²) in [6.45, 7) is 0. The molecule has 0 radical (unpaired) electrons. The minimum atomic E-state index is 0.564. The van der Waals surface area contributed by atoms with Crippen molar-refractivity contribution < 1.29 is 0 Å². The first-order valence-corrected chi connectivity index (χ1v) is 18.4.